The molecule has 3 N–H and O–H groups in total. The topological polar surface area (TPSA) is 89.6 Å². The molecule has 0 saturated carbocycles. The molecule has 1 heterocycles. The van der Waals surface area contributed by atoms with Gasteiger partial charge in [-0.15, -0.1) is 0 Å². The van der Waals surface area contributed by atoms with E-state index in [1.165, 1.54) is 19.2 Å². The van der Waals surface area contributed by atoms with Crippen molar-refractivity contribution < 1.29 is 22.2 Å². The Hall–Kier alpha value is -1.81. The second kappa shape index (κ2) is 7.18. The zero-order chi connectivity index (χ0) is 17.8. The fourth-order valence-electron chi connectivity index (χ4n) is 1.44. The average molecular weight is 352 g/mol. The Bertz CT molecular complexity index is 690. The molecule has 0 saturated heterocycles. The molecule has 130 valence electrons. The van der Waals surface area contributed by atoms with Gasteiger partial charge in [-0.1, -0.05) is 6.07 Å². The van der Waals surface area contributed by atoms with Gasteiger partial charge in [0.2, 0.25) is 5.96 Å². The Kier molecular flexibility index (Phi) is 6.00. The standard InChI is InChI=1S/C13H19F3N4O2S/c1-8(2)22-19-12(17)20-23(4,21)9(3)10-5-6-11(18-7-10)13(14,15)16/h5-8H,1-4H3,(H3,17,19,20,21). The molecule has 1 aromatic rings. The van der Waals surface area contributed by atoms with E-state index in [0.29, 0.717) is 0 Å². The van der Waals surface area contributed by atoms with Crippen molar-refractivity contribution in [2.45, 2.75) is 33.1 Å². The highest BCUT2D eigenvalue weighted by Crippen LogP contribution is 2.27. The van der Waals surface area contributed by atoms with Gasteiger partial charge in [0.1, 0.15) is 5.69 Å². The van der Waals surface area contributed by atoms with Crippen molar-refractivity contribution in [1.29, 1.82) is 0 Å². The Morgan fingerprint density at radius 1 is 1.43 bits per heavy atom. The molecule has 23 heavy (non-hydrogen) atoms. The van der Waals surface area contributed by atoms with Crippen LogP contribution in [0.2, 0.25) is 0 Å². The van der Waals surface area contributed by atoms with Crippen molar-refractivity contribution in [2.75, 3.05) is 6.26 Å². The number of guanidine groups is 1. The summed E-state index contributed by atoms with van der Waals surface area (Å²) in [5.74, 6) is -0.189. The molecule has 10 heteroatoms. The summed E-state index contributed by atoms with van der Waals surface area (Å²) in [5, 5.41) is 0. The summed E-state index contributed by atoms with van der Waals surface area (Å²) < 4.78 is 53.9. The molecule has 0 fully saturated rings. The lowest BCUT2D eigenvalue weighted by Crippen LogP contribution is -2.35. The minimum Gasteiger partial charge on any atom is -0.367 e. The van der Waals surface area contributed by atoms with Crippen LogP contribution in [0, 0.1) is 0 Å². The molecule has 0 amide bonds. The Balaban J connectivity index is 3.12. The van der Waals surface area contributed by atoms with Gasteiger partial charge in [0.15, 0.2) is 0 Å². The van der Waals surface area contributed by atoms with Crippen LogP contribution in [0.1, 0.15) is 32.0 Å². The zero-order valence-corrected chi connectivity index (χ0v) is 14.0. The van der Waals surface area contributed by atoms with Crippen molar-refractivity contribution in [3.05, 3.63) is 29.6 Å². The van der Waals surface area contributed by atoms with Crippen molar-refractivity contribution in [3.63, 3.8) is 0 Å². The van der Waals surface area contributed by atoms with Crippen molar-refractivity contribution in [3.8, 4) is 0 Å². The number of hydrogen-bond acceptors (Lipinski definition) is 3. The summed E-state index contributed by atoms with van der Waals surface area (Å²) in [6.45, 7) is 5.01. The third kappa shape index (κ3) is 5.71. The van der Waals surface area contributed by atoms with Crippen LogP contribution in [-0.4, -0.2) is 32.4 Å². The Morgan fingerprint density at radius 3 is 2.48 bits per heavy atom. The quantitative estimate of drug-likeness (QED) is 0.283. The van der Waals surface area contributed by atoms with Crippen LogP contribution in [-0.2, 0) is 20.7 Å². The van der Waals surface area contributed by atoms with Crippen molar-refractivity contribution in [1.82, 2.24) is 10.5 Å². The van der Waals surface area contributed by atoms with E-state index in [1.54, 1.807) is 13.8 Å². The number of halogens is 3. The molecular weight excluding hydrogens is 333 g/mol. The highest BCUT2D eigenvalue weighted by atomic mass is 32.2. The Morgan fingerprint density at radius 2 is 2.04 bits per heavy atom. The van der Waals surface area contributed by atoms with Crippen molar-refractivity contribution >= 4 is 20.5 Å². The second-order valence-corrected chi connectivity index (χ2v) is 7.43. The summed E-state index contributed by atoms with van der Waals surface area (Å²) in [7, 11) is -2.94. The van der Waals surface area contributed by atoms with Crippen LogP contribution in [0.3, 0.4) is 0 Å². The summed E-state index contributed by atoms with van der Waals surface area (Å²) in [6.07, 6.45) is -2.36. The largest absolute Gasteiger partial charge is 0.433 e. The summed E-state index contributed by atoms with van der Waals surface area (Å²) >= 11 is 0. The van der Waals surface area contributed by atoms with E-state index in [-0.39, 0.29) is 22.5 Å². The SMILES string of the molecule is CC(c1ccc(C(F)(F)F)nc1)=S(C)(=O)N=C(N)NOC(C)C. The van der Waals surface area contributed by atoms with E-state index in [1.807, 2.05) is 0 Å². The normalized spacial score (nSPS) is 15.4. The minimum atomic E-state index is -4.53. The molecular formula is C13H19F3N4O2S. The van der Waals surface area contributed by atoms with Crippen molar-refractivity contribution in [2.24, 2.45) is 10.1 Å². The minimum absolute atomic E-state index is 0.166. The molecule has 6 nitrogen and oxygen atoms in total. The molecule has 0 aliphatic carbocycles. The number of hydroxylamine groups is 1. The van der Waals surface area contributed by atoms with Gasteiger partial charge in [0.05, 0.1) is 15.8 Å². The monoisotopic (exact) mass is 352 g/mol. The fraction of sp³-hybridized carbons (Fsp3) is 0.462. The molecule has 0 bridgehead atoms. The lowest BCUT2D eigenvalue weighted by molar-refractivity contribution is -0.141. The average Bonchev–Trinajstić information content (AvgIpc) is 2.43. The number of pyridine rings is 1. The third-order valence-electron chi connectivity index (χ3n) is 2.70. The number of hydrogen-bond donors (Lipinski definition) is 2. The number of nitrogens with one attached hydrogen (secondary N) is 1. The molecule has 0 spiro atoms. The third-order valence-corrected chi connectivity index (χ3v) is 4.62. The van der Waals surface area contributed by atoms with E-state index in [9.17, 15) is 17.4 Å². The number of aromatic nitrogens is 1. The zero-order valence-electron chi connectivity index (χ0n) is 13.1. The van der Waals surface area contributed by atoms with Gasteiger partial charge < -0.3 is 5.73 Å². The maximum atomic E-state index is 12.6. The van der Waals surface area contributed by atoms with Gasteiger partial charge in [-0.05, 0) is 26.8 Å². The predicted molar refractivity (Wildman–Crippen MR) is 84.1 cm³/mol. The summed E-state index contributed by atoms with van der Waals surface area (Å²) in [4.78, 5) is 8.60. The Labute approximate surface area is 133 Å². The molecule has 1 unspecified atom stereocenters. The molecule has 0 aliphatic rings. The van der Waals surface area contributed by atoms with Gasteiger partial charge in [-0.3, -0.25) is 9.82 Å². The number of alkyl halides is 3. The summed E-state index contributed by atoms with van der Waals surface area (Å²) in [5.41, 5.74) is 7.17. The molecule has 1 aromatic heterocycles. The van der Waals surface area contributed by atoms with E-state index in [4.69, 9.17) is 10.6 Å². The molecule has 0 aromatic carbocycles. The molecule has 1 rings (SSSR count). The number of nitrogens with zero attached hydrogens (tertiary/aromatic N) is 2. The first-order valence-electron chi connectivity index (χ1n) is 6.57. The van der Waals surface area contributed by atoms with Crippen LogP contribution in [0.15, 0.2) is 22.7 Å². The van der Waals surface area contributed by atoms with E-state index >= 15 is 0 Å². The smallest absolute Gasteiger partial charge is 0.367 e. The van der Waals surface area contributed by atoms with E-state index < -0.39 is 21.6 Å². The molecule has 0 radical (unpaired) electrons. The van der Waals surface area contributed by atoms with Crippen LogP contribution >= 0.6 is 0 Å². The van der Waals surface area contributed by atoms with Crippen LogP contribution < -0.4 is 11.2 Å². The first-order valence-corrected chi connectivity index (χ1v) is 8.49. The summed E-state index contributed by atoms with van der Waals surface area (Å²) in [6, 6.07) is 2.01. The maximum Gasteiger partial charge on any atom is 0.433 e. The van der Waals surface area contributed by atoms with Crippen LogP contribution in [0.5, 0.6) is 0 Å². The number of nitrogens with two attached hydrogens (primary N) is 1. The van der Waals surface area contributed by atoms with Gasteiger partial charge in [-0.2, -0.15) is 17.6 Å². The highest BCUT2D eigenvalue weighted by molar-refractivity contribution is 8.01. The van der Waals surface area contributed by atoms with Gasteiger partial charge in [0.25, 0.3) is 0 Å². The first-order chi connectivity index (χ1) is 10.4. The molecule has 0 aliphatic heterocycles. The molecule has 1 atom stereocenters. The number of rotatable bonds is 4. The van der Waals surface area contributed by atoms with Crippen LogP contribution in [0.25, 0.3) is 0 Å². The fourth-order valence-corrected chi connectivity index (χ4v) is 2.55. The van der Waals surface area contributed by atoms with Gasteiger partial charge in [-0.25, -0.2) is 9.69 Å². The maximum absolute atomic E-state index is 12.6. The van der Waals surface area contributed by atoms with E-state index in [0.717, 1.165) is 12.3 Å². The lowest BCUT2D eigenvalue weighted by Gasteiger charge is -2.11. The van der Waals surface area contributed by atoms with Crippen LogP contribution in [0.4, 0.5) is 13.2 Å². The predicted octanol–water partition coefficient (Wildman–Crippen LogP) is 1.71. The van der Waals surface area contributed by atoms with Gasteiger partial charge in [0, 0.05) is 22.9 Å². The highest BCUT2D eigenvalue weighted by Gasteiger charge is 2.32. The first kappa shape index (κ1) is 19.2. The second-order valence-electron chi connectivity index (χ2n) is 5.03. The van der Waals surface area contributed by atoms with E-state index in [2.05, 4.69) is 14.9 Å². The lowest BCUT2D eigenvalue weighted by atomic mass is 10.2. The van der Waals surface area contributed by atoms with Gasteiger partial charge >= 0.3 is 6.18 Å².